The molecule has 1 unspecified atom stereocenters. The normalized spacial score (nSPS) is 17.1. The quantitative estimate of drug-likeness (QED) is 0.898. The lowest BCUT2D eigenvalue weighted by Crippen LogP contribution is -2.37. The lowest BCUT2D eigenvalue weighted by Gasteiger charge is -2.22. The zero-order valence-corrected chi connectivity index (χ0v) is 13.4. The highest BCUT2D eigenvalue weighted by atomic mass is 35.5. The average Bonchev–Trinajstić information content (AvgIpc) is 2.46. The summed E-state index contributed by atoms with van der Waals surface area (Å²) in [5.41, 5.74) is 8.04. The van der Waals surface area contributed by atoms with Crippen LogP contribution >= 0.6 is 24.2 Å². The Morgan fingerprint density at radius 2 is 1.95 bits per heavy atom. The van der Waals surface area contributed by atoms with E-state index in [2.05, 4.69) is 5.32 Å². The average molecular weight is 315 g/mol. The highest BCUT2D eigenvalue weighted by Gasteiger charge is 2.18. The summed E-state index contributed by atoms with van der Waals surface area (Å²) >= 11 is 2.00. The van der Waals surface area contributed by atoms with E-state index in [1.165, 1.54) is 29.9 Å². The van der Waals surface area contributed by atoms with Crippen LogP contribution in [0.3, 0.4) is 0 Å². The van der Waals surface area contributed by atoms with E-state index in [9.17, 15) is 4.79 Å². The molecule has 0 bridgehead atoms. The minimum absolute atomic E-state index is 0. The first kappa shape index (κ1) is 17.3. The zero-order valence-electron chi connectivity index (χ0n) is 11.8. The van der Waals surface area contributed by atoms with E-state index in [1.54, 1.807) is 0 Å². The van der Waals surface area contributed by atoms with Crippen molar-refractivity contribution in [2.45, 2.75) is 25.8 Å². The maximum atomic E-state index is 12.0. The molecule has 3 nitrogen and oxygen atoms in total. The SMILES string of the molecule is Cc1ccc(C(N)C(=O)NCC2CCSCC2)cc1.Cl. The van der Waals surface area contributed by atoms with Gasteiger partial charge in [0.15, 0.2) is 0 Å². The van der Waals surface area contributed by atoms with Gasteiger partial charge in [-0.3, -0.25) is 4.79 Å². The molecule has 5 heteroatoms. The largest absolute Gasteiger partial charge is 0.354 e. The van der Waals surface area contributed by atoms with Gasteiger partial charge in [-0.25, -0.2) is 0 Å². The summed E-state index contributed by atoms with van der Waals surface area (Å²) in [4.78, 5) is 12.0. The van der Waals surface area contributed by atoms with Gasteiger partial charge in [0.2, 0.25) is 5.91 Å². The molecule has 1 heterocycles. The molecule has 1 atom stereocenters. The van der Waals surface area contributed by atoms with Gasteiger partial charge in [-0.15, -0.1) is 12.4 Å². The number of nitrogens with two attached hydrogens (primary N) is 1. The Hall–Kier alpha value is -0.710. The zero-order chi connectivity index (χ0) is 13.7. The summed E-state index contributed by atoms with van der Waals surface area (Å²) in [5, 5.41) is 2.99. The molecule has 0 saturated carbocycles. The monoisotopic (exact) mass is 314 g/mol. The Labute approximate surface area is 131 Å². The first-order valence-corrected chi connectivity index (χ1v) is 8.00. The van der Waals surface area contributed by atoms with Gasteiger partial charge in [0.25, 0.3) is 0 Å². The standard InChI is InChI=1S/C15H22N2OS.ClH/c1-11-2-4-13(5-3-11)14(16)15(18)17-10-12-6-8-19-9-7-12;/h2-5,12,14H,6-10,16H2,1H3,(H,17,18);1H. The molecule has 0 aromatic heterocycles. The molecular weight excluding hydrogens is 292 g/mol. The number of amides is 1. The fraction of sp³-hybridized carbons (Fsp3) is 0.533. The maximum Gasteiger partial charge on any atom is 0.241 e. The third-order valence-electron chi connectivity index (χ3n) is 3.62. The van der Waals surface area contributed by atoms with Crippen LogP contribution in [-0.4, -0.2) is 24.0 Å². The van der Waals surface area contributed by atoms with Crippen molar-refractivity contribution in [3.8, 4) is 0 Å². The highest BCUT2D eigenvalue weighted by molar-refractivity contribution is 7.99. The smallest absolute Gasteiger partial charge is 0.241 e. The molecule has 0 spiro atoms. The Morgan fingerprint density at radius 3 is 2.55 bits per heavy atom. The third-order valence-corrected chi connectivity index (χ3v) is 4.67. The van der Waals surface area contributed by atoms with Crippen LogP contribution in [0.15, 0.2) is 24.3 Å². The van der Waals surface area contributed by atoms with E-state index >= 15 is 0 Å². The molecule has 0 radical (unpaired) electrons. The van der Waals surface area contributed by atoms with E-state index < -0.39 is 6.04 Å². The molecule has 1 aliphatic rings. The summed E-state index contributed by atoms with van der Waals surface area (Å²) in [6.45, 7) is 2.79. The summed E-state index contributed by atoms with van der Waals surface area (Å²) in [7, 11) is 0. The van der Waals surface area contributed by atoms with Crippen molar-refractivity contribution >= 4 is 30.1 Å². The summed E-state index contributed by atoms with van der Waals surface area (Å²) in [6.07, 6.45) is 2.40. The fourth-order valence-corrected chi connectivity index (χ4v) is 3.43. The minimum Gasteiger partial charge on any atom is -0.354 e. The minimum atomic E-state index is -0.557. The predicted molar refractivity (Wildman–Crippen MR) is 88.4 cm³/mol. The van der Waals surface area contributed by atoms with Gasteiger partial charge in [0, 0.05) is 6.54 Å². The molecular formula is C15H23ClN2OS. The van der Waals surface area contributed by atoms with Crippen molar-refractivity contribution in [1.82, 2.24) is 5.32 Å². The number of aryl methyl sites for hydroxylation is 1. The topological polar surface area (TPSA) is 55.1 Å². The van der Waals surface area contributed by atoms with Crippen molar-refractivity contribution in [3.05, 3.63) is 35.4 Å². The van der Waals surface area contributed by atoms with Crippen LogP contribution in [0.4, 0.5) is 0 Å². The fourth-order valence-electron chi connectivity index (χ4n) is 2.23. The predicted octanol–water partition coefficient (Wildman–Crippen LogP) is 2.68. The number of benzene rings is 1. The number of hydrogen-bond acceptors (Lipinski definition) is 3. The second kappa shape index (κ2) is 8.55. The molecule has 1 amide bonds. The lowest BCUT2D eigenvalue weighted by atomic mass is 10.0. The van der Waals surface area contributed by atoms with E-state index in [1.807, 2.05) is 43.0 Å². The van der Waals surface area contributed by atoms with Crippen LogP contribution in [0.2, 0.25) is 0 Å². The van der Waals surface area contributed by atoms with E-state index in [4.69, 9.17) is 5.73 Å². The van der Waals surface area contributed by atoms with Crippen molar-refractivity contribution in [3.63, 3.8) is 0 Å². The Balaban J connectivity index is 0.00000200. The van der Waals surface area contributed by atoms with Crippen LogP contribution in [0.1, 0.15) is 30.0 Å². The Morgan fingerprint density at radius 1 is 1.35 bits per heavy atom. The number of carbonyl (C=O) groups is 1. The molecule has 112 valence electrons. The summed E-state index contributed by atoms with van der Waals surface area (Å²) in [5.74, 6) is 2.98. The Kier molecular flexibility index (Phi) is 7.41. The van der Waals surface area contributed by atoms with E-state index in [-0.39, 0.29) is 18.3 Å². The van der Waals surface area contributed by atoms with E-state index in [0.29, 0.717) is 5.92 Å². The van der Waals surface area contributed by atoms with Crippen LogP contribution in [0.5, 0.6) is 0 Å². The first-order chi connectivity index (χ1) is 9.16. The first-order valence-electron chi connectivity index (χ1n) is 6.84. The van der Waals surface area contributed by atoms with Gasteiger partial charge < -0.3 is 11.1 Å². The lowest BCUT2D eigenvalue weighted by molar-refractivity contribution is -0.122. The van der Waals surface area contributed by atoms with Crippen LogP contribution < -0.4 is 11.1 Å². The van der Waals surface area contributed by atoms with Gasteiger partial charge in [0.05, 0.1) is 0 Å². The number of nitrogens with one attached hydrogen (secondary N) is 1. The highest BCUT2D eigenvalue weighted by Crippen LogP contribution is 2.22. The molecule has 1 aliphatic heterocycles. The number of hydrogen-bond donors (Lipinski definition) is 2. The second-order valence-electron chi connectivity index (χ2n) is 5.19. The van der Waals surface area contributed by atoms with E-state index in [0.717, 1.165) is 12.1 Å². The van der Waals surface area contributed by atoms with Crippen LogP contribution in [-0.2, 0) is 4.79 Å². The number of rotatable bonds is 4. The second-order valence-corrected chi connectivity index (χ2v) is 6.41. The molecule has 0 aliphatic carbocycles. The molecule has 1 saturated heterocycles. The van der Waals surface area contributed by atoms with Crippen molar-refractivity contribution in [2.24, 2.45) is 11.7 Å². The van der Waals surface area contributed by atoms with Gasteiger partial charge in [0.1, 0.15) is 6.04 Å². The van der Waals surface area contributed by atoms with Crippen molar-refractivity contribution in [2.75, 3.05) is 18.1 Å². The Bertz CT molecular complexity index is 418. The van der Waals surface area contributed by atoms with Gasteiger partial charge in [-0.2, -0.15) is 11.8 Å². The summed E-state index contributed by atoms with van der Waals surface area (Å²) in [6, 6.07) is 7.27. The molecule has 1 fully saturated rings. The van der Waals surface area contributed by atoms with Gasteiger partial charge in [-0.05, 0) is 42.8 Å². The van der Waals surface area contributed by atoms with Crippen molar-refractivity contribution < 1.29 is 4.79 Å². The molecule has 1 aromatic rings. The molecule has 1 aromatic carbocycles. The van der Waals surface area contributed by atoms with Crippen molar-refractivity contribution in [1.29, 1.82) is 0 Å². The number of carbonyl (C=O) groups excluding carboxylic acids is 1. The van der Waals surface area contributed by atoms with Crippen LogP contribution in [0, 0.1) is 12.8 Å². The number of thioether (sulfide) groups is 1. The molecule has 20 heavy (non-hydrogen) atoms. The molecule has 2 rings (SSSR count). The number of halogens is 1. The van der Waals surface area contributed by atoms with Gasteiger partial charge >= 0.3 is 0 Å². The van der Waals surface area contributed by atoms with Gasteiger partial charge in [-0.1, -0.05) is 29.8 Å². The van der Waals surface area contributed by atoms with Crippen LogP contribution in [0.25, 0.3) is 0 Å². The third kappa shape index (κ3) is 5.00. The maximum absolute atomic E-state index is 12.0. The summed E-state index contributed by atoms with van der Waals surface area (Å²) < 4.78 is 0. The molecule has 3 N–H and O–H groups in total.